The summed E-state index contributed by atoms with van der Waals surface area (Å²) < 4.78 is 45.3. The molecule has 1 aromatic rings. The zero-order valence-electron chi connectivity index (χ0n) is 12.4. The minimum Gasteiger partial charge on any atom is -0.406 e. The molecule has 2 rings (SSSR count). The Kier molecular flexibility index (Phi) is 6.43. The van der Waals surface area contributed by atoms with Gasteiger partial charge in [-0.15, -0.1) is 13.2 Å². The van der Waals surface area contributed by atoms with Crippen LogP contribution in [0.25, 0.3) is 0 Å². The predicted octanol–water partition coefficient (Wildman–Crippen LogP) is 0.787. The van der Waals surface area contributed by atoms with E-state index in [0.29, 0.717) is 10.8 Å². The molecule has 1 aliphatic rings. The Hall–Kier alpha value is -1.58. The number of anilines is 1. The fraction of sp³-hybridized carbons (Fsp3) is 0.500. The molecule has 5 nitrogen and oxygen atoms in total. The van der Waals surface area contributed by atoms with Crippen LogP contribution < -0.4 is 20.3 Å². The van der Waals surface area contributed by atoms with Crippen molar-refractivity contribution in [3.8, 4) is 5.75 Å². The number of nitrogens with one attached hydrogen (secondary N) is 3. The number of ether oxygens (including phenoxy) is 2. The molecular formula is C14H19F3N3O2S+. The van der Waals surface area contributed by atoms with E-state index in [4.69, 9.17) is 17.0 Å². The van der Waals surface area contributed by atoms with E-state index in [2.05, 4.69) is 15.4 Å². The molecular weight excluding hydrogens is 331 g/mol. The van der Waals surface area contributed by atoms with Gasteiger partial charge in [-0.05, 0) is 36.5 Å². The first-order valence-corrected chi connectivity index (χ1v) is 7.65. The van der Waals surface area contributed by atoms with Crippen LogP contribution in [0.1, 0.15) is 0 Å². The third-order valence-electron chi connectivity index (χ3n) is 3.31. The van der Waals surface area contributed by atoms with Crippen LogP contribution >= 0.6 is 12.2 Å². The molecule has 1 aromatic carbocycles. The van der Waals surface area contributed by atoms with Crippen molar-refractivity contribution in [2.45, 2.75) is 6.36 Å². The van der Waals surface area contributed by atoms with Crippen LogP contribution in [-0.2, 0) is 4.74 Å². The maximum Gasteiger partial charge on any atom is 0.573 e. The van der Waals surface area contributed by atoms with E-state index in [9.17, 15) is 13.2 Å². The predicted molar refractivity (Wildman–Crippen MR) is 83.7 cm³/mol. The Bertz CT molecular complexity index is 505. The highest BCUT2D eigenvalue weighted by Crippen LogP contribution is 2.23. The van der Waals surface area contributed by atoms with Crippen LogP contribution in [0.5, 0.6) is 5.75 Å². The van der Waals surface area contributed by atoms with E-state index in [-0.39, 0.29) is 5.75 Å². The Morgan fingerprint density at radius 1 is 1.22 bits per heavy atom. The molecule has 23 heavy (non-hydrogen) atoms. The molecule has 128 valence electrons. The van der Waals surface area contributed by atoms with Crippen molar-refractivity contribution < 1.29 is 27.5 Å². The maximum atomic E-state index is 12.1. The lowest BCUT2D eigenvalue weighted by Gasteiger charge is -2.24. The van der Waals surface area contributed by atoms with Crippen LogP contribution in [0.15, 0.2) is 24.3 Å². The van der Waals surface area contributed by atoms with Gasteiger partial charge in [-0.3, -0.25) is 0 Å². The van der Waals surface area contributed by atoms with Gasteiger partial charge in [0.05, 0.1) is 26.3 Å². The first kappa shape index (κ1) is 17.8. The van der Waals surface area contributed by atoms with Crippen molar-refractivity contribution in [3.63, 3.8) is 0 Å². The highest BCUT2D eigenvalue weighted by atomic mass is 32.1. The summed E-state index contributed by atoms with van der Waals surface area (Å²) in [5.41, 5.74) is 0.593. The van der Waals surface area contributed by atoms with Gasteiger partial charge in [-0.2, -0.15) is 0 Å². The van der Waals surface area contributed by atoms with Crippen LogP contribution in [0.3, 0.4) is 0 Å². The summed E-state index contributed by atoms with van der Waals surface area (Å²) in [6.07, 6.45) is -4.69. The summed E-state index contributed by atoms with van der Waals surface area (Å²) >= 11 is 5.16. The third-order valence-corrected chi connectivity index (χ3v) is 3.56. The van der Waals surface area contributed by atoms with Gasteiger partial charge < -0.3 is 25.0 Å². The highest BCUT2D eigenvalue weighted by Gasteiger charge is 2.30. The van der Waals surface area contributed by atoms with E-state index in [0.717, 1.165) is 39.4 Å². The van der Waals surface area contributed by atoms with E-state index in [1.165, 1.54) is 29.2 Å². The number of rotatable bonds is 5. The van der Waals surface area contributed by atoms with E-state index in [1.807, 2.05) is 0 Å². The highest BCUT2D eigenvalue weighted by molar-refractivity contribution is 7.80. The van der Waals surface area contributed by atoms with Gasteiger partial charge in [-0.25, -0.2) is 0 Å². The maximum absolute atomic E-state index is 12.1. The monoisotopic (exact) mass is 350 g/mol. The van der Waals surface area contributed by atoms with Crippen LogP contribution in [0.4, 0.5) is 18.9 Å². The first-order valence-electron chi connectivity index (χ1n) is 7.24. The Balaban J connectivity index is 1.70. The van der Waals surface area contributed by atoms with Gasteiger partial charge in [0.1, 0.15) is 18.8 Å². The minimum atomic E-state index is -4.69. The summed E-state index contributed by atoms with van der Waals surface area (Å²) in [6, 6.07) is 5.41. The second kappa shape index (κ2) is 8.32. The van der Waals surface area contributed by atoms with Gasteiger partial charge in [0.15, 0.2) is 5.11 Å². The van der Waals surface area contributed by atoms with E-state index in [1.54, 1.807) is 0 Å². The van der Waals surface area contributed by atoms with E-state index >= 15 is 0 Å². The number of quaternary nitrogens is 1. The first-order chi connectivity index (χ1) is 10.9. The average molecular weight is 350 g/mol. The smallest absolute Gasteiger partial charge is 0.406 e. The number of halogens is 3. The molecule has 0 radical (unpaired) electrons. The topological polar surface area (TPSA) is 47.0 Å². The lowest BCUT2D eigenvalue weighted by molar-refractivity contribution is -0.906. The molecule has 1 aliphatic heterocycles. The Morgan fingerprint density at radius 2 is 1.87 bits per heavy atom. The molecule has 0 atom stereocenters. The number of alkyl halides is 3. The second-order valence-corrected chi connectivity index (χ2v) is 5.47. The molecule has 0 bridgehead atoms. The van der Waals surface area contributed by atoms with Crippen molar-refractivity contribution in [1.29, 1.82) is 0 Å². The van der Waals surface area contributed by atoms with Crippen LogP contribution in [0, 0.1) is 0 Å². The lowest BCUT2D eigenvalue weighted by Crippen LogP contribution is -3.14. The normalized spacial score (nSPS) is 16.0. The van der Waals surface area contributed by atoms with Gasteiger partial charge in [0, 0.05) is 5.69 Å². The molecule has 9 heteroatoms. The van der Waals surface area contributed by atoms with E-state index < -0.39 is 6.36 Å². The quantitative estimate of drug-likeness (QED) is 0.686. The zero-order chi connectivity index (χ0) is 16.7. The zero-order valence-corrected chi connectivity index (χ0v) is 13.2. The number of hydrogen-bond donors (Lipinski definition) is 3. The number of thiocarbonyl (C=S) groups is 1. The fourth-order valence-corrected chi connectivity index (χ4v) is 2.40. The summed E-state index contributed by atoms with van der Waals surface area (Å²) in [7, 11) is 0. The molecule has 0 amide bonds. The minimum absolute atomic E-state index is 0.266. The molecule has 3 N–H and O–H groups in total. The Labute approximate surface area is 137 Å². The summed E-state index contributed by atoms with van der Waals surface area (Å²) in [5.74, 6) is -0.266. The fourth-order valence-electron chi connectivity index (χ4n) is 2.18. The van der Waals surface area contributed by atoms with Crippen molar-refractivity contribution in [2.75, 3.05) is 44.7 Å². The molecule has 0 aliphatic carbocycles. The summed E-state index contributed by atoms with van der Waals surface area (Å²) in [4.78, 5) is 1.46. The summed E-state index contributed by atoms with van der Waals surface area (Å²) in [5, 5.41) is 6.43. The van der Waals surface area contributed by atoms with Crippen LogP contribution in [-0.4, -0.2) is 50.9 Å². The summed E-state index contributed by atoms with van der Waals surface area (Å²) in [6.45, 7) is 5.19. The molecule has 1 heterocycles. The largest absolute Gasteiger partial charge is 0.573 e. The molecule has 0 unspecified atom stereocenters. The second-order valence-electron chi connectivity index (χ2n) is 5.07. The van der Waals surface area contributed by atoms with Gasteiger partial charge in [0.25, 0.3) is 0 Å². The van der Waals surface area contributed by atoms with Gasteiger partial charge in [0.2, 0.25) is 0 Å². The molecule has 1 fully saturated rings. The average Bonchev–Trinajstić information content (AvgIpc) is 2.49. The SMILES string of the molecule is FC(F)(F)Oc1ccc(NC(=S)NCC[NH+]2CCOCC2)cc1. The molecule has 1 saturated heterocycles. The molecule has 0 spiro atoms. The van der Waals surface area contributed by atoms with Crippen molar-refractivity contribution in [2.24, 2.45) is 0 Å². The number of hydrogen-bond acceptors (Lipinski definition) is 3. The third kappa shape index (κ3) is 7.02. The number of morpholine rings is 1. The van der Waals surface area contributed by atoms with Gasteiger partial charge >= 0.3 is 6.36 Å². The van der Waals surface area contributed by atoms with Crippen molar-refractivity contribution >= 4 is 23.0 Å². The number of benzene rings is 1. The standard InChI is InChI=1S/C14H18F3N3O2S/c15-14(16,17)22-12-3-1-11(2-4-12)19-13(23)18-5-6-20-7-9-21-10-8-20/h1-4H,5-10H2,(H2,18,19,23)/p+1. The van der Waals surface area contributed by atoms with Crippen molar-refractivity contribution in [3.05, 3.63) is 24.3 Å². The van der Waals surface area contributed by atoms with Crippen LogP contribution in [0.2, 0.25) is 0 Å². The lowest BCUT2D eigenvalue weighted by atomic mass is 10.3. The van der Waals surface area contributed by atoms with Crippen molar-refractivity contribution in [1.82, 2.24) is 5.32 Å². The van der Waals surface area contributed by atoms with Gasteiger partial charge in [-0.1, -0.05) is 0 Å². The molecule has 0 saturated carbocycles. The Morgan fingerprint density at radius 3 is 2.48 bits per heavy atom. The molecule has 0 aromatic heterocycles.